The van der Waals surface area contributed by atoms with Gasteiger partial charge >= 0.3 is 0 Å². The van der Waals surface area contributed by atoms with Gasteiger partial charge in [0.15, 0.2) is 5.82 Å². The Bertz CT molecular complexity index is 2710. The van der Waals surface area contributed by atoms with Crippen LogP contribution in [0.3, 0.4) is 0 Å². The highest BCUT2D eigenvalue weighted by atomic mass is 32.1. The van der Waals surface area contributed by atoms with E-state index in [9.17, 15) is 0 Å². The first-order valence-electron chi connectivity index (χ1n) is 16.1. The summed E-state index contributed by atoms with van der Waals surface area (Å²) in [6, 6.07) is 50.2. The first-order chi connectivity index (χ1) is 23.1. The lowest BCUT2D eigenvalue weighted by Gasteiger charge is -2.24. The number of para-hydroxylation sites is 1. The third kappa shape index (κ3) is 3.73. The smallest absolute Gasteiger partial charge is 0.160 e. The van der Waals surface area contributed by atoms with Crippen molar-refractivity contribution in [1.82, 2.24) is 14.5 Å². The monoisotopic (exact) mass is 619 g/mol. The SMILES string of the molecule is CC1(C)c2ccccc2-c2nc(-c3ccccc3)nc(-c3cccc(-n4c5ccccc5c5ccc6c7ccccc7sc6c54)c3)c21. The van der Waals surface area contributed by atoms with Crippen molar-refractivity contribution in [3.63, 3.8) is 0 Å². The van der Waals surface area contributed by atoms with E-state index < -0.39 is 0 Å². The maximum Gasteiger partial charge on any atom is 0.160 e. The number of hydrogen-bond acceptors (Lipinski definition) is 3. The molecule has 3 aromatic heterocycles. The zero-order valence-corrected chi connectivity index (χ0v) is 26.8. The molecule has 6 aromatic carbocycles. The van der Waals surface area contributed by atoms with E-state index in [1.807, 2.05) is 17.4 Å². The van der Waals surface area contributed by atoms with E-state index in [0.717, 1.165) is 34.0 Å². The summed E-state index contributed by atoms with van der Waals surface area (Å²) in [5.74, 6) is 0.751. The van der Waals surface area contributed by atoms with Crippen LogP contribution in [0.1, 0.15) is 25.0 Å². The van der Waals surface area contributed by atoms with Gasteiger partial charge in [0.05, 0.1) is 27.1 Å². The lowest BCUT2D eigenvalue weighted by molar-refractivity contribution is 0.658. The molecule has 1 aliphatic rings. The van der Waals surface area contributed by atoms with Crippen LogP contribution in [0.25, 0.3) is 81.6 Å². The summed E-state index contributed by atoms with van der Waals surface area (Å²) in [7, 11) is 0. The molecule has 0 saturated heterocycles. The van der Waals surface area contributed by atoms with Gasteiger partial charge in [-0.2, -0.15) is 0 Å². The zero-order chi connectivity index (χ0) is 31.3. The van der Waals surface area contributed by atoms with Crippen molar-refractivity contribution >= 4 is 53.3 Å². The fourth-order valence-corrected chi connectivity index (χ4v) is 9.07. The van der Waals surface area contributed by atoms with E-state index in [1.54, 1.807) is 0 Å². The molecule has 222 valence electrons. The van der Waals surface area contributed by atoms with Gasteiger partial charge in [-0.1, -0.05) is 129 Å². The largest absolute Gasteiger partial charge is 0.308 e. The van der Waals surface area contributed by atoms with Gasteiger partial charge in [0.2, 0.25) is 0 Å². The van der Waals surface area contributed by atoms with Gasteiger partial charge in [-0.3, -0.25) is 0 Å². The standard InChI is InChI=1S/C43H29N3S/c1-43(2)34-20-9-6-19-33(34)39-37(43)38(44-42(45-39)26-13-4-3-5-14-26)27-15-12-16-28(25-27)46-35-21-10-7-17-29(35)31-23-24-32-30-18-8-11-22-36(30)47-41(32)40(31)46/h3-25H,1-2H3. The summed E-state index contributed by atoms with van der Waals surface area (Å²) in [5.41, 5.74) is 11.1. The van der Waals surface area contributed by atoms with Crippen LogP contribution in [0.5, 0.6) is 0 Å². The Morgan fingerprint density at radius 1 is 0.574 bits per heavy atom. The van der Waals surface area contributed by atoms with Crippen LogP contribution in [-0.4, -0.2) is 14.5 Å². The average Bonchev–Trinajstić information content (AvgIpc) is 3.74. The highest BCUT2D eigenvalue weighted by Gasteiger charge is 2.40. The highest BCUT2D eigenvalue weighted by Crippen LogP contribution is 2.51. The van der Waals surface area contributed by atoms with Crippen LogP contribution < -0.4 is 0 Å². The molecule has 3 heterocycles. The fourth-order valence-electron chi connectivity index (χ4n) is 7.83. The number of rotatable bonds is 3. The van der Waals surface area contributed by atoms with Crippen molar-refractivity contribution < 1.29 is 0 Å². The molecule has 0 aliphatic heterocycles. The molecule has 3 nitrogen and oxygen atoms in total. The van der Waals surface area contributed by atoms with Crippen molar-refractivity contribution in [3.8, 4) is 39.6 Å². The van der Waals surface area contributed by atoms with Crippen molar-refractivity contribution in [2.75, 3.05) is 0 Å². The minimum absolute atomic E-state index is 0.247. The molecule has 1 aliphatic carbocycles. The van der Waals surface area contributed by atoms with Gasteiger partial charge in [-0.25, -0.2) is 9.97 Å². The molecule has 0 fully saturated rings. The molecule has 0 atom stereocenters. The highest BCUT2D eigenvalue weighted by molar-refractivity contribution is 7.26. The molecule has 0 spiro atoms. The number of thiophene rings is 1. The number of fused-ring (bicyclic) bond motifs is 10. The maximum absolute atomic E-state index is 5.37. The summed E-state index contributed by atoms with van der Waals surface area (Å²) in [5, 5.41) is 5.15. The van der Waals surface area contributed by atoms with Crippen molar-refractivity contribution in [1.29, 1.82) is 0 Å². The third-order valence-corrected chi connectivity index (χ3v) is 11.2. The van der Waals surface area contributed by atoms with Crippen molar-refractivity contribution in [2.24, 2.45) is 0 Å². The number of hydrogen-bond donors (Lipinski definition) is 0. The molecule has 0 N–H and O–H groups in total. The van der Waals surface area contributed by atoms with Gasteiger partial charge in [0, 0.05) is 59.6 Å². The molecule has 0 unspecified atom stereocenters. The summed E-state index contributed by atoms with van der Waals surface area (Å²) >= 11 is 1.88. The predicted molar refractivity (Wildman–Crippen MR) is 198 cm³/mol. The van der Waals surface area contributed by atoms with E-state index in [0.29, 0.717) is 0 Å². The molecule has 0 saturated carbocycles. The van der Waals surface area contributed by atoms with Gasteiger partial charge < -0.3 is 4.57 Å². The normalized spacial score (nSPS) is 13.5. The van der Waals surface area contributed by atoms with Crippen molar-refractivity contribution in [3.05, 3.63) is 151 Å². The third-order valence-electron chi connectivity index (χ3n) is 9.98. The summed E-state index contributed by atoms with van der Waals surface area (Å²) in [6.07, 6.45) is 0. The molecular weight excluding hydrogens is 591 g/mol. The quantitative estimate of drug-likeness (QED) is 0.197. The second-order valence-electron chi connectivity index (χ2n) is 13.0. The Morgan fingerprint density at radius 3 is 2.17 bits per heavy atom. The predicted octanol–water partition coefficient (Wildman–Crippen LogP) is 11.6. The summed E-state index contributed by atoms with van der Waals surface area (Å²) in [6.45, 7) is 4.61. The number of nitrogens with zero attached hydrogens (tertiary/aromatic N) is 3. The molecule has 4 heteroatoms. The number of aromatic nitrogens is 3. The Balaban J connectivity index is 1.27. The van der Waals surface area contributed by atoms with Crippen LogP contribution in [0.15, 0.2) is 140 Å². The minimum Gasteiger partial charge on any atom is -0.308 e. The zero-order valence-electron chi connectivity index (χ0n) is 26.0. The Kier molecular flexibility index (Phi) is 5.50. The molecule has 0 amide bonds. The first-order valence-corrected chi connectivity index (χ1v) is 16.9. The Hall–Kier alpha value is -5.58. The number of benzene rings is 6. The van der Waals surface area contributed by atoms with E-state index in [1.165, 1.54) is 58.7 Å². The van der Waals surface area contributed by atoms with E-state index >= 15 is 0 Å². The van der Waals surface area contributed by atoms with E-state index in [2.05, 4.69) is 152 Å². The molecule has 9 aromatic rings. The van der Waals surface area contributed by atoms with E-state index in [4.69, 9.17) is 9.97 Å². The van der Waals surface area contributed by atoms with Gasteiger partial charge in [0.1, 0.15) is 0 Å². The fraction of sp³-hybridized carbons (Fsp3) is 0.0698. The first kappa shape index (κ1) is 26.6. The summed E-state index contributed by atoms with van der Waals surface area (Å²) in [4.78, 5) is 10.6. The molecule has 10 rings (SSSR count). The van der Waals surface area contributed by atoms with Crippen LogP contribution in [-0.2, 0) is 5.41 Å². The van der Waals surface area contributed by atoms with Crippen LogP contribution >= 0.6 is 11.3 Å². The minimum atomic E-state index is -0.247. The topological polar surface area (TPSA) is 30.7 Å². The Labute approximate surface area is 276 Å². The molecule has 0 radical (unpaired) electrons. The lowest BCUT2D eigenvalue weighted by Crippen LogP contribution is -2.17. The van der Waals surface area contributed by atoms with E-state index in [-0.39, 0.29) is 5.41 Å². The molecular formula is C43H29N3S. The average molecular weight is 620 g/mol. The second kappa shape index (κ2) is 9.71. The lowest BCUT2D eigenvalue weighted by atomic mass is 9.81. The van der Waals surface area contributed by atoms with Crippen LogP contribution in [0, 0.1) is 0 Å². The van der Waals surface area contributed by atoms with Gasteiger partial charge in [-0.05, 0) is 29.8 Å². The second-order valence-corrected chi connectivity index (χ2v) is 14.0. The van der Waals surface area contributed by atoms with Crippen LogP contribution in [0.2, 0.25) is 0 Å². The van der Waals surface area contributed by atoms with Gasteiger partial charge in [-0.15, -0.1) is 11.3 Å². The Morgan fingerprint density at radius 2 is 1.28 bits per heavy atom. The van der Waals surface area contributed by atoms with Crippen molar-refractivity contribution in [2.45, 2.75) is 19.3 Å². The maximum atomic E-state index is 5.37. The molecule has 0 bridgehead atoms. The summed E-state index contributed by atoms with van der Waals surface area (Å²) < 4.78 is 5.09. The van der Waals surface area contributed by atoms with Gasteiger partial charge in [0.25, 0.3) is 0 Å². The molecule has 47 heavy (non-hydrogen) atoms. The van der Waals surface area contributed by atoms with Crippen LogP contribution in [0.4, 0.5) is 0 Å².